The molecule has 27 heavy (non-hydrogen) atoms. The third-order valence-corrected chi connectivity index (χ3v) is 5.23. The van der Waals surface area contributed by atoms with Gasteiger partial charge in [0.1, 0.15) is 5.75 Å². The average molecular weight is 373 g/mol. The van der Waals surface area contributed by atoms with E-state index in [1.54, 1.807) is 7.11 Å². The molecule has 6 nitrogen and oxygen atoms in total. The van der Waals surface area contributed by atoms with Gasteiger partial charge >= 0.3 is 0 Å². The number of amides is 1. The summed E-state index contributed by atoms with van der Waals surface area (Å²) >= 11 is 0. The second-order valence-corrected chi connectivity index (χ2v) is 7.27. The van der Waals surface area contributed by atoms with E-state index in [9.17, 15) is 4.79 Å². The monoisotopic (exact) mass is 373 g/mol. The van der Waals surface area contributed by atoms with Crippen LogP contribution in [0, 0.1) is 5.92 Å². The van der Waals surface area contributed by atoms with Gasteiger partial charge in [0.15, 0.2) is 0 Å². The molecule has 0 saturated carbocycles. The van der Waals surface area contributed by atoms with E-state index in [1.807, 2.05) is 19.1 Å². The molecule has 1 atom stereocenters. The number of benzene rings is 1. The summed E-state index contributed by atoms with van der Waals surface area (Å²) in [5, 5.41) is 8.39. The lowest BCUT2D eigenvalue weighted by Gasteiger charge is -2.35. The van der Waals surface area contributed by atoms with Crippen molar-refractivity contribution in [3.63, 3.8) is 0 Å². The highest BCUT2D eigenvalue weighted by Gasteiger charge is 2.23. The molecule has 1 aromatic rings. The predicted molar refractivity (Wildman–Crippen MR) is 107 cm³/mol. The molecule has 1 amide bonds. The first-order valence-corrected chi connectivity index (χ1v) is 9.85. The first kappa shape index (κ1) is 19.7. The van der Waals surface area contributed by atoms with Crippen molar-refractivity contribution >= 4 is 18.2 Å². The third kappa shape index (κ3) is 4.62. The zero-order valence-electron chi connectivity index (χ0n) is 16.6. The number of ether oxygens (including phenoxy) is 2. The molecule has 3 rings (SSSR count). The molecular weight excluding hydrogens is 342 g/mol. The van der Waals surface area contributed by atoms with Gasteiger partial charge in [-0.3, -0.25) is 4.79 Å². The zero-order valence-corrected chi connectivity index (χ0v) is 16.6. The number of hydrogen-bond acceptors (Lipinski definition) is 5. The molecule has 148 valence electrons. The van der Waals surface area contributed by atoms with Gasteiger partial charge in [-0.15, -0.1) is 0 Å². The minimum absolute atomic E-state index is 0.126. The second kappa shape index (κ2) is 9.24. The van der Waals surface area contributed by atoms with Crippen molar-refractivity contribution in [3.05, 3.63) is 28.1 Å². The fraction of sp³-hybridized carbons (Fsp3) is 0.571. The van der Waals surface area contributed by atoms with Gasteiger partial charge in [0.05, 0.1) is 18.8 Å². The highest BCUT2D eigenvalue weighted by atomic mass is 16.5. The van der Waals surface area contributed by atoms with Crippen LogP contribution in [-0.2, 0) is 4.74 Å². The molecule has 0 bridgehead atoms. The van der Waals surface area contributed by atoms with Crippen LogP contribution >= 0.6 is 0 Å². The fourth-order valence-corrected chi connectivity index (χ4v) is 3.50. The summed E-state index contributed by atoms with van der Waals surface area (Å²) in [6, 6.07) is 4.32. The number of nitrogens with zero attached hydrogens (tertiary/aromatic N) is 1. The lowest BCUT2D eigenvalue weighted by molar-refractivity contribution is 0.0933. The Hall–Kier alpha value is -2.05. The molecule has 2 N–H and O–H groups in total. The number of carbonyl (C=O) groups is 1. The zero-order chi connectivity index (χ0) is 19.2. The molecule has 1 saturated heterocycles. The van der Waals surface area contributed by atoms with Crippen LogP contribution in [0.3, 0.4) is 0 Å². The molecule has 1 aromatic carbocycles. The van der Waals surface area contributed by atoms with E-state index in [0.717, 1.165) is 36.5 Å². The SMILES string of the molecule is CCOc1c(C(=O)NCCOC)ccc2c1=CN(CC1CNC1)C(C)CC=2. The molecule has 1 fully saturated rings. The van der Waals surface area contributed by atoms with Gasteiger partial charge < -0.3 is 25.0 Å². The number of carbonyl (C=O) groups excluding carboxylic acids is 1. The second-order valence-electron chi connectivity index (χ2n) is 7.27. The fourth-order valence-electron chi connectivity index (χ4n) is 3.50. The molecule has 1 unspecified atom stereocenters. The van der Waals surface area contributed by atoms with Gasteiger partial charge in [-0.05, 0) is 31.6 Å². The Morgan fingerprint density at radius 3 is 2.85 bits per heavy atom. The molecule has 0 aromatic heterocycles. The molecule has 2 aliphatic heterocycles. The molecule has 0 radical (unpaired) electrons. The number of hydrogen-bond donors (Lipinski definition) is 2. The van der Waals surface area contributed by atoms with Crippen LogP contribution in [0.15, 0.2) is 12.1 Å². The highest BCUT2D eigenvalue weighted by Crippen LogP contribution is 2.17. The molecule has 0 spiro atoms. The minimum Gasteiger partial charge on any atom is -0.492 e. The van der Waals surface area contributed by atoms with Crippen molar-refractivity contribution in [3.8, 4) is 5.75 Å². The maximum Gasteiger partial charge on any atom is 0.255 e. The van der Waals surface area contributed by atoms with E-state index in [1.165, 1.54) is 0 Å². The van der Waals surface area contributed by atoms with E-state index >= 15 is 0 Å². The molecular formula is C21H31N3O3. The number of nitrogens with one attached hydrogen (secondary N) is 2. The summed E-state index contributed by atoms with van der Waals surface area (Å²) in [6.45, 7) is 8.87. The summed E-state index contributed by atoms with van der Waals surface area (Å²) in [7, 11) is 1.62. The van der Waals surface area contributed by atoms with Gasteiger partial charge in [0.25, 0.3) is 5.91 Å². The van der Waals surface area contributed by atoms with Crippen molar-refractivity contribution in [2.75, 3.05) is 46.5 Å². The summed E-state index contributed by atoms with van der Waals surface area (Å²) in [6.07, 6.45) is 5.43. The van der Waals surface area contributed by atoms with Gasteiger partial charge in [-0.25, -0.2) is 0 Å². The van der Waals surface area contributed by atoms with Crippen molar-refractivity contribution in [1.82, 2.24) is 15.5 Å². The summed E-state index contributed by atoms with van der Waals surface area (Å²) < 4.78 is 11.0. The number of methoxy groups -OCH3 is 1. The van der Waals surface area contributed by atoms with Crippen LogP contribution in [0.5, 0.6) is 5.75 Å². The Labute approximate surface area is 161 Å². The maximum absolute atomic E-state index is 12.7. The minimum atomic E-state index is -0.126. The quantitative estimate of drug-likeness (QED) is 0.642. The first-order valence-electron chi connectivity index (χ1n) is 9.85. The van der Waals surface area contributed by atoms with Crippen molar-refractivity contribution in [2.24, 2.45) is 5.92 Å². The van der Waals surface area contributed by atoms with Gasteiger partial charge in [-0.1, -0.05) is 12.1 Å². The van der Waals surface area contributed by atoms with Gasteiger partial charge in [-0.2, -0.15) is 0 Å². The number of rotatable bonds is 8. The highest BCUT2D eigenvalue weighted by molar-refractivity contribution is 5.97. The first-order chi connectivity index (χ1) is 13.1. The molecule has 0 aliphatic carbocycles. The van der Waals surface area contributed by atoms with E-state index in [0.29, 0.717) is 43.0 Å². The van der Waals surface area contributed by atoms with E-state index < -0.39 is 0 Å². The largest absolute Gasteiger partial charge is 0.492 e. The van der Waals surface area contributed by atoms with Crippen LogP contribution in [0.2, 0.25) is 0 Å². The topological polar surface area (TPSA) is 62.8 Å². The lowest BCUT2D eigenvalue weighted by atomic mass is 10.0. The van der Waals surface area contributed by atoms with E-state index in [-0.39, 0.29) is 5.91 Å². The third-order valence-electron chi connectivity index (χ3n) is 5.23. The molecule has 2 heterocycles. The summed E-state index contributed by atoms with van der Waals surface area (Å²) in [5.41, 5.74) is 0.580. The summed E-state index contributed by atoms with van der Waals surface area (Å²) in [5.74, 6) is 1.23. The lowest BCUT2D eigenvalue weighted by Crippen LogP contribution is -2.48. The maximum atomic E-state index is 12.7. The van der Waals surface area contributed by atoms with Crippen molar-refractivity contribution in [1.29, 1.82) is 0 Å². The number of fused-ring (bicyclic) bond motifs is 1. The smallest absolute Gasteiger partial charge is 0.255 e. The average Bonchev–Trinajstić information content (AvgIpc) is 2.78. The van der Waals surface area contributed by atoms with E-state index in [2.05, 4.69) is 34.7 Å². The Kier molecular flexibility index (Phi) is 6.74. The normalized spacial score (nSPS) is 19.2. The van der Waals surface area contributed by atoms with Gasteiger partial charge in [0, 0.05) is 56.7 Å². The Morgan fingerprint density at radius 1 is 1.37 bits per heavy atom. The van der Waals surface area contributed by atoms with Gasteiger partial charge in [0.2, 0.25) is 0 Å². The predicted octanol–water partition coefficient (Wildman–Crippen LogP) is 0.294. The Balaban J connectivity index is 1.98. The van der Waals surface area contributed by atoms with Crippen LogP contribution in [0.4, 0.5) is 0 Å². The van der Waals surface area contributed by atoms with E-state index in [4.69, 9.17) is 9.47 Å². The molecule has 6 heteroatoms. The van der Waals surface area contributed by atoms with Crippen LogP contribution in [0.25, 0.3) is 12.3 Å². The Bertz CT molecular complexity index is 774. The summed E-state index contributed by atoms with van der Waals surface area (Å²) in [4.78, 5) is 15.1. The van der Waals surface area contributed by atoms with Crippen LogP contribution in [-0.4, -0.2) is 63.4 Å². The van der Waals surface area contributed by atoms with Crippen LogP contribution < -0.4 is 25.8 Å². The van der Waals surface area contributed by atoms with Crippen molar-refractivity contribution in [2.45, 2.75) is 26.3 Å². The Morgan fingerprint density at radius 2 is 2.19 bits per heavy atom. The van der Waals surface area contributed by atoms with Crippen LogP contribution in [0.1, 0.15) is 30.6 Å². The standard InChI is InChI=1S/C21H31N3O3/c1-4-27-20-18(21(25)23-9-10-26-3)8-7-17-6-5-15(2)24(14-19(17)20)13-16-11-22-12-16/h6-8,14-16,22H,4-5,9-13H2,1-3H3,(H,23,25). The molecule has 2 aliphatic rings. The van der Waals surface area contributed by atoms with Crippen molar-refractivity contribution < 1.29 is 14.3 Å².